The van der Waals surface area contributed by atoms with Crippen molar-refractivity contribution in [3.8, 4) is 5.75 Å². The first-order valence-electron chi connectivity index (χ1n) is 9.88. The van der Waals surface area contributed by atoms with Gasteiger partial charge >= 0.3 is 0 Å². The average Bonchev–Trinajstić information content (AvgIpc) is 2.72. The molecule has 1 aromatic heterocycles. The highest BCUT2D eigenvalue weighted by Gasteiger charge is 2.21. The number of nitrogens with zero attached hydrogens (tertiary/aromatic N) is 3. The van der Waals surface area contributed by atoms with Crippen LogP contribution in [0.5, 0.6) is 5.75 Å². The minimum Gasteiger partial charge on any atom is -0.494 e. The third kappa shape index (κ3) is 5.73. The number of hydrogen-bond donors (Lipinski definition) is 1. The summed E-state index contributed by atoms with van der Waals surface area (Å²) in [6.45, 7) is 6.40. The number of ether oxygens (including phenoxy) is 1. The van der Waals surface area contributed by atoms with Gasteiger partial charge in [0.15, 0.2) is 0 Å². The maximum atomic E-state index is 12.6. The van der Waals surface area contributed by atoms with Gasteiger partial charge in [-0.15, -0.1) is 0 Å². The van der Waals surface area contributed by atoms with Gasteiger partial charge in [-0.3, -0.25) is 9.89 Å². The summed E-state index contributed by atoms with van der Waals surface area (Å²) >= 11 is 5.16. The van der Waals surface area contributed by atoms with Gasteiger partial charge in [0.1, 0.15) is 11.4 Å². The lowest BCUT2D eigenvalue weighted by atomic mass is 9.93. The average molecular weight is 423 g/mol. The van der Waals surface area contributed by atoms with E-state index in [9.17, 15) is 4.79 Å². The Balaban J connectivity index is 1.61. The maximum absolute atomic E-state index is 12.6. The van der Waals surface area contributed by atoms with Gasteiger partial charge in [-0.1, -0.05) is 51.1 Å². The van der Waals surface area contributed by atoms with Crippen molar-refractivity contribution >= 4 is 18.4 Å². The molecular formula is C23H26N4O2S. The van der Waals surface area contributed by atoms with Gasteiger partial charge in [0.05, 0.1) is 12.8 Å². The molecule has 0 bridgehead atoms. The van der Waals surface area contributed by atoms with Gasteiger partial charge in [0.2, 0.25) is 4.77 Å². The van der Waals surface area contributed by atoms with E-state index in [0.717, 1.165) is 28.8 Å². The van der Waals surface area contributed by atoms with E-state index >= 15 is 0 Å². The number of benzene rings is 2. The van der Waals surface area contributed by atoms with Gasteiger partial charge in [-0.05, 0) is 60.5 Å². The van der Waals surface area contributed by atoms with E-state index in [4.69, 9.17) is 17.0 Å². The van der Waals surface area contributed by atoms with E-state index in [1.54, 1.807) is 6.21 Å². The van der Waals surface area contributed by atoms with Gasteiger partial charge in [-0.25, -0.2) is 0 Å². The number of aromatic amines is 1. The molecule has 0 fully saturated rings. The molecule has 0 unspecified atom stereocenters. The Labute approximate surface area is 181 Å². The van der Waals surface area contributed by atoms with Crippen molar-refractivity contribution in [2.75, 3.05) is 6.61 Å². The Morgan fingerprint density at radius 2 is 1.83 bits per heavy atom. The minimum atomic E-state index is -0.409. The van der Waals surface area contributed by atoms with Gasteiger partial charge < -0.3 is 4.74 Å². The number of H-pyrrole nitrogens is 1. The SMILES string of the molecule is CC(C)(C)c1n[nH]c(=S)n(/N=C\c2ccc(OCCCc3ccccc3)cc2)c1=O. The van der Waals surface area contributed by atoms with E-state index in [0.29, 0.717) is 12.3 Å². The zero-order valence-electron chi connectivity index (χ0n) is 17.5. The molecular weight excluding hydrogens is 396 g/mol. The molecule has 0 atom stereocenters. The molecule has 0 amide bonds. The summed E-state index contributed by atoms with van der Waals surface area (Å²) < 4.78 is 7.13. The van der Waals surface area contributed by atoms with Crippen molar-refractivity contribution in [1.29, 1.82) is 0 Å². The summed E-state index contributed by atoms with van der Waals surface area (Å²) in [6, 6.07) is 17.9. The van der Waals surface area contributed by atoms with Crippen molar-refractivity contribution < 1.29 is 4.74 Å². The summed E-state index contributed by atoms with van der Waals surface area (Å²) in [4.78, 5) is 12.6. The van der Waals surface area contributed by atoms with Crippen molar-refractivity contribution in [3.63, 3.8) is 0 Å². The lowest BCUT2D eigenvalue weighted by Crippen LogP contribution is -2.32. The first-order chi connectivity index (χ1) is 14.3. The normalized spacial score (nSPS) is 11.7. The molecule has 6 nitrogen and oxygen atoms in total. The zero-order valence-corrected chi connectivity index (χ0v) is 18.3. The largest absolute Gasteiger partial charge is 0.494 e. The molecule has 0 aliphatic rings. The lowest BCUT2D eigenvalue weighted by molar-refractivity contribution is 0.311. The standard InChI is InChI=1S/C23H26N4O2S/c1-23(2,3)20-21(28)27(22(30)26-25-20)24-16-18-11-13-19(14-12-18)29-15-7-10-17-8-5-4-6-9-17/h4-6,8-9,11-14,16H,7,10,15H2,1-3H3,(H,26,30)/b24-16-. The van der Waals surface area contributed by atoms with Crippen LogP contribution in [-0.4, -0.2) is 27.7 Å². The van der Waals surface area contributed by atoms with Crippen LogP contribution in [0.15, 0.2) is 64.5 Å². The number of hydrogen-bond acceptors (Lipinski definition) is 5. The molecule has 0 aliphatic carbocycles. The Morgan fingerprint density at radius 3 is 2.50 bits per heavy atom. The Kier molecular flexibility index (Phi) is 6.95. The Bertz CT molecular complexity index is 1110. The summed E-state index contributed by atoms with van der Waals surface area (Å²) in [5.74, 6) is 0.800. The molecule has 30 heavy (non-hydrogen) atoms. The highest BCUT2D eigenvalue weighted by atomic mass is 32.1. The molecule has 0 aliphatic heterocycles. The fourth-order valence-electron chi connectivity index (χ4n) is 2.87. The second-order valence-electron chi connectivity index (χ2n) is 8.00. The molecule has 156 valence electrons. The van der Waals surface area contributed by atoms with Gasteiger partial charge in [0, 0.05) is 5.41 Å². The molecule has 2 aromatic carbocycles. The molecule has 1 heterocycles. The van der Waals surface area contributed by atoms with Crippen molar-refractivity contribution in [1.82, 2.24) is 14.9 Å². The highest BCUT2D eigenvalue weighted by molar-refractivity contribution is 7.71. The van der Waals surface area contributed by atoms with E-state index in [-0.39, 0.29) is 10.3 Å². The smallest absolute Gasteiger partial charge is 0.297 e. The number of aryl methyl sites for hydroxylation is 1. The van der Waals surface area contributed by atoms with Crippen LogP contribution in [-0.2, 0) is 11.8 Å². The summed E-state index contributed by atoms with van der Waals surface area (Å²) in [6.07, 6.45) is 3.53. The molecule has 0 saturated heterocycles. The Hall–Kier alpha value is -3.06. The second-order valence-corrected chi connectivity index (χ2v) is 8.38. The van der Waals surface area contributed by atoms with Crippen LogP contribution >= 0.6 is 12.2 Å². The number of aromatic nitrogens is 3. The van der Waals surface area contributed by atoms with Crippen molar-refractivity contribution in [2.45, 2.75) is 39.0 Å². The minimum absolute atomic E-state index is 0.155. The quantitative estimate of drug-likeness (QED) is 0.346. The van der Waals surface area contributed by atoms with Crippen molar-refractivity contribution in [3.05, 3.63) is 86.5 Å². The molecule has 0 spiro atoms. The summed E-state index contributed by atoms with van der Waals surface area (Å²) in [5, 5.41) is 11.0. The number of rotatable bonds is 7. The summed E-state index contributed by atoms with van der Waals surface area (Å²) in [7, 11) is 0. The van der Waals surface area contributed by atoms with E-state index in [1.165, 1.54) is 5.56 Å². The molecule has 3 aromatic rings. The molecule has 1 N–H and O–H groups in total. The fraction of sp³-hybridized carbons (Fsp3) is 0.304. The predicted octanol–water partition coefficient (Wildman–Crippen LogP) is 4.49. The van der Waals surface area contributed by atoms with E-state index in [2.05, 4.69) is 27.4 Å². The first-order valence-corrected chi connectivity index (χ1v) is 10.3. The third-order valence-electron chi connectivity index (χ3n) is 4.48. The summed E-state index contributed by atoms with van der Waals surface area (Å²) in [5.41, 5.74) is 1.80. The number of nitrogens with one attached hydrogen (secondary N) is 1. The van der Waals surface area contributed by atoms with Crippen LogP contribution < -0.4 is 10.3 Å². The van der Waals surface area contributed by atoms with Crippen LogP contribution in [0, 0.1) is 4.77 Å². The van der Waals surface area contributed by atoms with E-state index in [1.807, 2.05) is 63.2 Å². The fourth-order valence-corrected chi connectivity index (χ4v) is 3.05. The van der Waals surface area contributed by atoms with Crippen LogP contribution in [0.25, 0.3) is 0 Å². The topological polar surface area (TPSA) is 72.3 Å². The van der Waals surface area contributed by atoms with Crippen LogP contribution in [0.1, 0.15) is 44.0 Å². The van der Waals surface area contributed by atoms with Gasteiger partial charge in [-0.2, -0.15) is 14.9 Å². The molecule has 7 heteroatoms. The molecule has 3 rings (SSSR count). The third-order valence-corrected chi connectivity index (χ3v) is 4.75. The second kappa shape index (κ2) is 9.63. The predicted molar refractivity (Wildman–Crippen MR) is 122 cm³/mol. The van der Waals surface area contributed by atoms with Crippen LogP contribution in [0.4, 0.5) is 0 Å². The van der Waals surface area contributed by atoms with Crippen molar-refractivity contribution in [2.24, 2.45) is 5.10 Å². The van der Waals surface area contributed by atoms with E-state index < -0.39 is 5.41 Å². The molecule has 0 radical (unpaired) electrons. The zero-order chi connectivity index (χ0) is 21.6. The first kappa shape index (κ1) is 21.6. The Morgan fingerprint density at radius 1 is 1.13 bits per heavy atom. The lowest BCUT2D eigenvalue weighted by Gasteiger charge is -2.16. The molecule has 0 saturated carbocycles. The van der Waals surface area contributed by atoms with Crippen LogP contribution in [0.3, 0.4) is 0 Å². The van der Waals surface area contributed by atoms with Gasteiger partial charge in [0.25, 0.3) is 5.56 Å². The highest BCUT2D eigenvalue weighted by Crippen LogP contribution is 2.15. The maximum Gasteiger partial charge on any atom is 0.297 e. The van der Waals surface area contributed by atoms with Crippen LogP contribution in [0.2, 0.25) is 0 Å². The monoisotopic (exact) mass is 422 g/mol.